The third kappa shape index (κ3) is 1.17. The number of pyridine rings is 1. The highest BCUT2D eigenvalue weighted by molar-refractivity contribution is 9.10. The van der Waals surface area contributed by atoms with Gasteiger partial charge in [0.25, 0.3) is 0 Å². The molecule has 62 valence electrons. The molecule has 2 heterocycles. The van der Waals surface area contributed by atoms with Crippen molar-refractivity contribution in [3.8, 4) is 0 Å². The lowest BCUT2D eigenvalue weighted by molar-refractivity contribution is 0.833. The van der Waals surface area contributed by atoms with E-state index in [-0.39, 0.29) is 0 Å². The van der Waals surface area contributed by atoms with E-state index in [0.717, 1.165) is 21.1 Å². The molecule has 0 saturated heterocycles. The zero-order valence-electron chi connectivity index (χ0n) is 6.04. The first-order valence-electron chi connectivity index (χ1n) is 3.37. The quantitative estimate of drug-likeness (QED) is 0.596. The second-order valence-electron chi connectivity index (χ2n) is 2.32. The van der Waals surface area contributed by atoms with Gasteiger partial charge in [-0.1, -0.05) is 27.2 Å². The molecule has 2 rings (SSSR count). The van der Waals surface area contributed by atoms with Crippen LogP contribution in [0.25, 0.3) is 5.52 Å². The van der Waals surface area contributed by atoms with Gasteiger partial charge in [-0.05, 0) is 28.1 Å². The summed E-state index contributed by atoms with van der Waals surface area (Å²) in [4.78, 5) is 0. The van der Waals surface area contributed by atoms with Gasteiger partial charge < -0.3 is 0 Å². The first-order chi connectivity index (χ1) is 5.83. The maximum absolute atomic E-state index is 4.01. The van der Waals surface area contributed by atoms with Gasteiger partial charge in [-0.2, -0.15) is 0 Å². The maximum Gasteiger partial charge on any atom is 0.110 e. The van der Waals surface area contributed by atoms with Crippen molar-refractivity contribution in [1.82, 2.24) is 14.8 Å². The predicted molar refractivity (Wildman–Crippen MR) is 53.3 cm³/mol. The van der Waals surface area contributed by atoms with E-state index in [4.69, 9.17) is 0 Å². The fourth-order valence-electron chi connectivity index (χ4n) is 1.03. The van der Waals surface area contributed by atoms with Gasteiger partial charge in [0.2, 0.25) is 0 Å². The molecule has 2 aromatic heterocycles. The third-order valence-corrected chi connectivity index (χ3v) is 2.73. The van der Waals surface area contributed by atoms with Crippen molar-refractivity contribution in [1.29, 1.82) is 0 Å². The molecular formula is C7H5Br2N3. The van der Waals surface area contributed by atoms with Gasteiger partial charge in [-0.15, -0.1) is 5.10 Å². The van der Waals surface area contributed by atoms with Crippen LogP contribution in [0.1, 0.15) is 5.69 Å². The zero-order valence-corrected chi connectivity index (χ0v) is 9.21. The van der Waals surface area contributed by atoms with E-state index in [0.29, 0.717) is 0 Å². The Hall–Kier alpha value is -0.420. The number of aromatic nitrogens is 3. The Morgan fingerprint density at radius 1 is 1.42 bits per heavy atom. The number of rotatable bonds is 1. The standard InChI is InChI=1S/C7H5Br2N3/c8-4-5-6-2-1-3-7(9)12(6)11-10-5/h1-3H,4H2. The summed E-state index contributed by atoms with van der Waals surface area (Å²) in [5.74, 6) is 0. The highest BCUT2D eigenvalue weighted by Crippen LogP contribution is 2.16. The average molecular weight is 291 g/mol. The number of hydrogen-bond acceptors (Lipinski definition) is 2. The molecule has 3 nitrogen and oxygen atoms in total. The van der Waals surface area contributed by atoms with E-state index in [9.17, 15) is 0 Å². The van der Waals surface area contributed by atoms with E-state index in [1.165, 1.54) is 0 Å². The Balaban J connectivity index is 2.80. The highest BCUT2D eigenvalue weighted by atomic mass is 79.9. The summed E-state index contributed by atoms with van der Waals surface area (Å²) in [7, 11) is 0. The molecule has 12 heavy (non-hydrogen) atoms. The fraction of sp³-hybridized carbons (Fsp3) is 0.143. The van der Waals surface area contributed by atoms with Crippen LogP contribution in [0.2, 0.25) is 0 Å². The van der Waals surface area contributed by atoms with Crippen LogP contribution >= 0.6 is 31.9 Å². The van der Waals surface area contributed by atoms with Crippen LogP contribution in [-0.4, -0.2) is 14.8 Å². The Morgan fingerprint density at radius 2 is 2.25 bits per heavy atom. The van der Waals surface area contributed by atoms with Gasteiger partial charge in [-0.25, -0.2) is 4.52 Å². The summed E-state index contributed by atoms with van der Waals surface area (Å²) in [6, 6.07) is 5.88. The lowest BCUT2D eigenvalue weighted by Gasteiger charge is -1.94. The monoisotopic (exact) mass is 289 g/mol. The van der Waals surface area contributed by atoms with Crippen LogP contribution in [0.3, 0.4) is 0 Å². The third-order valence-electron chi connectivity index (χ3n) is 1.60. The lowest BCUT2D eigenvalue weighted by Crippen LogP contribution is -1.88. The van der Waals surface area contributed by atoms with Crippen LogP contribution in [0.4, 0.5) is 0 Å². The highest BCUT2D eigenvalue weighted by Gasteiger charge is 2.04. The van der Waals surface area contributed by atoms with Gasteiger partial charge in [0, 0.05) is 5.33 Å². The molecule has 0 aliphatic rings. The summed E-state index contributed by atoms with van der Waals surface area (Å²) in [5, 5.41) is 8.72. The first-order valence-corrected chi connectivity index (χ1v) is 5.29. The molecule has 0 spiro atoms. The Labute approximate surface area is 86.0 Å². The molecular weight excluding hydrogens is 286 g/mol. The summed E-state index contributed by atoms with van der Waals surface area (Å²) in [6.45, 7) is 0. The number of nitrogens with zero attached hydrogens (tertiary/aromatic N) is 3. The SMILES string of the molecule is BrCc1nnn2c(Br)cccc12. The molecule has 0 radical (unpaired) electrons. The molecule has 5 heteroatoms. The van der Waals surface area contributed by atoms with Crippen molar-refractivity contribution in [2.75, 3.05) is 0 Å². The first kappa shape index (κ1) is 8.19. The van der Waals surface area contributed by atoms with Crippen molar-refractivity contribution in [2.45, 2.75) is 5.33 Å². The molecule has 0 saturated carbocycles. The van der Waals surface area contributed by atoms with Crippen molar-refractivity contribution < 1.29 is 0 Å². The average Bonchev–Trinajstić information content (AvgIpc) is 2.49. The van der Waals surface area contributed by atoms with E-state index in [1.54, 1.807) is 4.52 Å². The molecule has 0 unspecified atom stereocenters. The smallest absolute Gasteiger partial charge is 0.110 e. The summed E-state index contributed by atoms with van der Waals surface area (Å²) in [6.07, 6.45) is 0. The minimum absolute atomic E-state index is 0.729. The predicted octanol–water partition coefficient (Wildman–Crippen LogP) is 2.39. The molecule has 0 atom stereocenters. The topological polar surface area (TPSA) is 30.2 Å². The molecule has 0 fully saturated rings. The summed E-state index contributed by atoms with van der Waals surface area (Å²) in [5.41, 5.74) is 1.98. The van der Waals surface area contributed by atoms with E-state index in [2.05, 4.69) is 42.2 Å². The minimum atomic E-state index is 0.729. The zero-order chi connectivity index (χ0) is 8.55. The molecule has 0 aliphatic heterocycles. The summed E-state index contributed by atoms with van der Waals surface area (Å²) >= 11 is 6.74. The Bertz CT molecular complexity index is 410. The van der Waals surface area contributed by atoms with Crippen LogP contribution < -0.4 is 0 Å². The van der Waals surface area contributed by atoms with E-state index in [1.807, 2.05) is 18.2 Å². The minimum Gasteiger partial charge on any atom is -0.206 e. The van der Waals surface area contributed by atoms with Gasteiger partial charge in [0.05, 0.1) is 5.52 Å². The largest absolute Gasteiger partial charge is 0.206 e. The number of fused-ring (bicyclic) bond motifs is 1. The second kappa shape index (κ2) is 3.14. The Morgan fingerprint density at radius 3 is 3.00 bits per heavy atom. The van der Waals surface area contributed by atoms with Crippen molar-refractivity contribution in [2.24, 2.45) is 0 Å². The van der Waals surface area contributed by atoms with Crippen LogP contribution in [0.5, 0.6) is 0 Å². The summed E-state index contributed by atoms with van der Waals surface area (Å²) < 4.78 is 2.68. The van der Waals surface area contributed by atoms with Crippen LogP contribution in [0.15, 0.2) is 22.8 Å². The van der Waals surface area contributed by atoms with Gasteiger partial charge in [0.1, 0.15) is 10.3 Å². The van der Waals surface area contributed by atoms with Gasteiger partial charge in [0.15, 0.2) is 0 Å². The molecule has 0 aliphatic carbocycles. The van der Waals surface area contributed by atoms with Crippen molar-refractivity contribution in [3.63, 3.8) is 0 Å². The van der Waals surface area contributed by atoms with Crippen molar-refractivity contribution >= 4 is 37.4 Å². The van der Waals surface area contributed by atoms with Crippen LogP contribution in [-0.2, 0) is 5.33 Å². The van der Waals surface area contributed by atoms with Gasteiger partial charge >= 0.3 is 0 Å². The number of alkyl halides is 1. The van der Waals surface area contributed by atoms with E-state index < -0.39 is 0 Å². The molecule has 2 aromatic rings. The lowest BCUT2D eigenvalue weighted by atomic mass is 10.3. The number of halogens is 2. The van der Waals surface area contributed by atoms with Crippen molar-refractivity contribution in [3.05, 3.63) is 28.5 Å². The molecule has 0 amide bonds. The molecule has 0 bridgehead atoms. The van der Waals surface area contributed by atoms with Crippen LogP contribution in [0, 0.1) is 0 Å². The van der Waals surface area contributed by atoms with Gasteiger partial charge in [-0.3, -0.25) is 0 Å². The Kier molecular flexibility index (Phi) is 2.14. The molecule has 0 N–H and O–H groups in total. The van der Waals surface area contributed by atoms with E-state index >= 15 is 0 Å². The maximum atomic E-state index is 4.01. The number of hydrogen-bond donors (Lipinski definition) is 0. The molecule has 0 aromatic carbocycles. The second-order valence-corrected chi connectivity index (χ2v) is 3.69. The normalized spacial score (nSPS) is 10.8. The fourth-order valence-corrected chi connectivity index (χ4v) is 1.84.